The molecule has 0 saturated heterocycles. The number of benzene rings is 1. The van der Waals surface area contributed by atoms with Gasteiger partial charge < -0.3 is 15.6 Å². The molecule has 0 aliphatic rings. The first kappa shape index (κ1) is 12.9. The monoisotopic (exact) mass is 264 g/mol. The third-order valence-electron chi connectivity index (χ3n) is 2.67. The van der Waals surface area contributed by atoms with E-state index in [0.717, 1.165) is 21.1 Å². The molecule has 1 atom stereocenters. The maximum atomic E-state index is 9.77. The van der Waals surface area contributed by atoms with Gasteiger partial charge >= 0.3 is 0 Å². The predicted octanol–water partition coefficient (Wildman–Crippen LogP) is 2.85. The lowest BCUT2D eigenvalue weighted by molar-refractivity contribution is 0.373. The molecule has 1 aromatic carbocycles. The molecular weight excluding hydrogens is 248 g/mol. The first-order chi connectivity index (χ1) is 8.52. The molecule has 5 heteroatoms. The molecule has 0 aliphatic heterocycles. The highest BCUT2D eigenvalue weighted by molar-refractivity contribution is 7.15. The number of hydrogen-bond donors (Lipinski definition) is 2. The predicted molar refractivity (Wildman–Crippen MR) is 73.1 cm³/mol. The molecule has 96 valence electrons. The Labute approximate surface area is 110 Å². The zero-order valence-electron chi connectivity index (χ0n) is 10.6. The molecule has 1 aromatic heterocycles. The molecule has 0 aliphatic carbocycles. The van der Waals surface area contributed by atoms with Crippen LogP contribution in [0.5, 0.6) is 11.5 Å². The van der Waals surface area contributed by atoms with Gasteiger partial charge in [-0.25, -0.2) is 4.98 Å². The van der Waals surface area contributed by atoms with Crippen molar-refractivity contribution in [3.8, 4) is 22.1 Å². The van der Waals surface area contributed by atoms with E-state index < -0.39 is 0 Å². The van der Waals surface area contributed by atoms with Crippen LogP contribution in [0, 0.1) is 6.92 Å². The molecule has 4 nitrogen and oxygen atoms in total. The second-order valence-corrected chi connectivity index (χ2v) is 5.17. The van der Waals surface area contributed by atoms with E-state index >= 15 is 0 Å². The largest absolute Gasteiger partial charge is 0.504 e. The van der Waals surface area contributed by atoms with Crippen molar-refractivity contribution in [3.05, 3.63) is 28.8 Å². The summed E-state index contributed by atoms with van der Waals surface area (Å²) in [6.07, 6.45) is 0. The molecule has 0 fully saturated rings. The summed E-state index contributed by atoms with van der Waals surface area (Å²) in [4.78, 5) is 5.56. The van der Waals surface area contributed by atoms with Gasteiger partial charge in [-0.2, -0.15) is 0 Å². The van der Waals surface area contributed by atoms with Crippen LogP contribution >= 0.6 is 11.3 Å². The summed E-state index contributed by atoms with van der Waals surface area (Å²) in [5, 5.41) is 10.6. The van der Waals surface area contributed by atoms with Crippen molar-refractivity contribution in [3.63, 3.8) is 0 Å². The topological polar surface area (TPSA) is 68.4 Å². The molecule has 0 spiro atoms. The van der Waals surface area contributed by atoms with Gasteiger partial charge in [0.1, 0.15) is 5.01 Å². The van der Waals surface area contributed by atoms with Gasteiger partial charge in [0.2, 0.25) is 0 Å². The number of nitrogens with two attached hydrogens (primary N) is 1. The number of rotatable bonds is 3. The van der Waals surface area contributed by atoms with Gasteiger partial charge in [-0.3, -0.25) is 0 Å². The van der Waals surface area contributed by atoms with E-state index in [1.807, 2.05) is 19.9 Å². The molecule has 1 heterocycles. The van der Waals surface area contributed by atoms with Crippen LogP contribution < -0.4 is 10.5 Å². The van der Waals surface area contributed by atoms with E-state index in [2.05, 4.69) is 4.98 Å². The normalized spacial score (nSPS) is 12.4. The summed E-state index contributed by atoms with van der Waals surface area (Å²) < 4.78 is 5.02. The Bertz CT molecular complexity index is 564. The Hall–Kier alpha value is -1.59. The average molecular weight is 264 g/mol. The van der Waals surface area contributed by atoms with E-state index in [1.54, 1.807) is 23.5 Å². The van der Waals surface area contributed by atoms with E-state index in [-0.39, 0.29) is 11.8 Å². The Balaban J connectivity index is 2.43. The van der Waals surface area contributed by atoms with Crippen LogP contribution in [0.15, 0.2) is 18.2 Å². The van der Waals surface area contributed by atoms with E-state index in [0.29, 0.717) is 5.75 Å². The van der Waals surface area contributed by atoms with Gasteiger partial charge in [0.25, 0.3) is 0 Å². The second-order valence-electron chi connectivity index (χ2n) is 4.14. The minimum atomic E-state index is -0.0249. The summed E-state index contributed by atoms with van der Waals surface area (Å²) in [5.74, 6) is 0.574. The minimum absolute atomic E-state index is 0.0249. The maximum absolute atomic E-state index is 9.77. The number of hydrogen-bond acceptors (Lipinski definition) is 5. The van der Waals surface area contributed by atoms with Crippen molar-refractivity contribution in [2.75, 3.05) is 7.11 Å². The molecule has 18 heavy (non-hydrogen) atoms. The minimum Gasteiger partial charge on any atom is -0.504 e. The number of phenolic OH excluding ortho intramolecular Hbond substituents is 1. The fourth-order valence-electron chi connectivity index (χ4n) is 1.78. The first-order valence-electron chi connectivity index (χ1n) is 5.63. The summed E-state index contributed by atoms with van der Waals surface area (Å²) in [6.45, 7) is 3.89. The number of ether oxygens (including phenoxy) is 1. The zero-order valence-corrected chi connectivity index (χ0v) is 11.4. The summed E-state index contributed by atoms with van der Waals surface area (Å²) in [5.41, 5.74) is 7.70. The van der Waals surface area contributed by atoms with Gasteiger partial charge in [0, 0.05) is 16.5 Å². The van der Waals surface area contributed by atoms with Gasteiger partial charge in [-0.1, -0.05) is 0 Å². The van der Waals surface area contributed by atoms with Gasteiger partial charge in [0.15, 0.2) is 11.5 Å². The molecule has 2 rings (SSSR count). The fraction of sp³-hybridized carbons (Fsp3) is 0.308. The SMILES string of the molecule is COc1ccc(-c2nc(C)c(C(C)N)s2)cc1O. The first-order valence-corrected chi connectivity index (χ1v) is 6.45. The number of aryl methyl sites for hydroxylation is 1. The number of nitrogens with zero attached hydrogens (tertiary/aromatic N) is 1. The lowest BCUT2D eigenvalue weighted by Crippen LogP contribution is -2.03. The number of methoxy groups -OCH3 is 1. The highest BCUT2D eigenvalue weighted by atomic mass is 32.1. The lowest BCUT2D eigenvalue weighted by atomic mass is 10.2. The number of aromatic hydroxyl groups is 1. The van der Waals surface area contributed by atoms with Crippen LogP contribution in [0.4, 0.5) is 0 Å². The molecular formula is C13H16N2O2S. The highest BCUT2D eigenvalue weighted by Crippen LogP contribution is 2.35. The number of thiazole rings is 1. The van der Waals surface area contributed by atoms with Crippen LogP contribution in [0.1, 0.15) is 23.5 Å². The summed E-state index contributed by atoms with van der Waals surface area (Å²) >= 11 is 1.55. The lowest BCUT2D eigenvalue weighted by Gasteiger charge is -2.04. The van der Waals surface area contributed by atoms with Crippen molar-refractivity contribution in [2.24, 2.45) is 5.73 Å². The molecule has 0 radical (unpaired) electrons. The van der Waals surface area contributed by atoms with Crippen LogP contribution in [0.25, 0.3) is 10.6 Å². The second kappa shape index (κ2) is 4.96. The number of phenols is 1. The van der Waals surface area contributed by atoms with Crippen LogP contribution in [0.3, 0.4) is 0 Å². The van der Waals surface area contributed by atoms with Crippen molar-refractivity contribution >= 4 is 11.3 Å². The third kappa shape index (κ3) is 2.32. The Kier molecular flexibility index (Phi) is 3.54. The van der Waals surface area contributed by atoms with E-state index in [4.69, 9.17) is 10.5 Å². The van der Waals surface area contributed by atoms with Gasteiger partial charge in [0.05, 0.1) is 12.8 Å². The van der Waals surface area contributed by atoms with Crippen molar-refractivity contribution in [1.29, 1.82) is 0 Å². The molecule has 0 bridgehead atoms. The summed E-state index contributed by atoms with van der Waals surface area (Å²) in [6, 6.07) is 5.24. The average Bonchev–Trinajstić information content (AvgIpc) is 2.71. The Morgan fingerprint density at radius 2 is 2.17 bits per heavy atom. The molecule has 1 unspecified atom stereocenters. The third-order valence-corrected chi connectivity index (χ3v) is 4.08. The molecule has 0 amide bonds. The Morgan fingerprint density at radius 1 is 1.44 bits per heavy atom. The van der Waals surface area contributed by atoms with Crippen molar-refractivity contribution < 1.29 is 9.84 Å². The fourth-order valence-corrected chi connectivity index (χ4v) is 2.79. The zero-order chi connectivity index (χ0) is 13.3. The van der Waals surface area contributed by atoms with Crippen molar-refractivity contribution in [2.45, 2.75) is 19.9 Å². The van der Waals surface area contributed by atoms with E-state index in [9.17, 15) is 5.11 Å². The molecule has 0 saturated carbocycles. The Morgan fingerprint density at radius 3 is 2.67 bits per heavy atom. The summed E-state index contributed by atoms with van der Waals surface area (Å²) in [7, 11) is 1.52. The van der Waals surface area contributed by atoms with Crippen LogP contribution in [-0.2, 0) is 0 Å². The van der Waals surface area contributed by atoms with Gasteiger partial charge in [-0.05, 0) is 32.0 Å². The molecule has 3 N–H and O–H groups in total. The van der Waals surface area contributed by atoms with Crippen LogP contribution in [0.2, 0.25) is 0 Å². The maximum Gasteiger partial charge on any atom is 0.160 e. The molecule has 2 aromatic rings. The van der Waals surface area contributed by atoms with Gasteiger partial charge in [-0.15, -0.1) is 11.3 Å². The number of aromatic nitrogens is 1. The van der Waals surface area contributed by atoms with Crippen molar-refractivity contribution in [1.82, 2.24) is 4.98 Å². The quantitative estimate of drug-likeness (QED) is 0.894. The smallest absolute Gasteiger partial charge is 0.160 e. The standard InChI is InChI=1S/C13H16N2O2S/c1-7(14)12-8(2)15-13(18-12)9-4-5-11(17-3)10(16)6-9/h4-7,16H,14H2,1-3H3. The van der Waals surface area contributed by atoms with Crippen LogP contribution in [-0.4, -0.2) is 17.2 Å². The highest BCUT2D eigenvalue weighted by Gasteiger charge is 2.13. The van der Waals surface area contributed by atoms with E-state index in [1.165, 1.54) is 7.11 Å².